The summed E-state index contributed by atoms with van der Waals surface area (Å²) in [5, 5.41) is 8.91. The highest BCUT2D eigenvalue weighted by Gasteiger charge is 2.23. The molecule has 0 unspecified atom stereocenters. The lowest BCUT2D eigenvalue weighted by molar-refractivity contribution is 0.456. The van der Waals surface area contributed by atoms with Crippen molar-refractivity contribution in [2.24, 2.45) is 0 Å². The van der Waals surface area contributed by atoms with Crippen LogP contribution >= 0.6 is 0 Å². The van der Waals surface area contributed by atoms with E-state index in [1.165, 1.54) is 0 Å². The minimum Gasteiger partial charge on any atom is -0.508 e. The van der Waals surface area contributed by atoms with Crippen LogP contribution in [-0.4, -0.2) is 31.0 Å². The Morgan fingerprint density at radius 1 is 0.875 bits per heavy atom. The Morgan fingerprint density at radius 3 is 1.69 bits per heavy atom. The zero-order chi connectivity index (χ0) is 11.9. The first-order chi connectivity index (χ1) is 6.62. The quantitative estimate of drug-likeness (QED) is 0.547. The molecule has 16 heavy (non-hydrogen) atoms. The predicted molar refractivity (Wildman–Crippen MR) is 52.8 cm³/mol. The smallest absolute Gasteiger partial charge is 0.296 e. The van der Waals surface area contributed by atoms with Crippen LogP contribution in [0.5, 0.6) is 5.75 Å². The highest BCUT2D eigenvalue weighted by molar-refractivity contribution is 7.89. The van der Waals surface area contributed by atoms with Crippen molar-refractivity contribution in [1.29, 1.82) is 0 Å². The van der Waals surface area contributed by atoms with E-state index in [0.29, 0.717) is 12.1 Å². The van der Waals surface area contributed by atoms with Crippen LogP contribution in [0, 0.1) is 0 Å². The van der Waals surface area contributed by atoms with Crippen LogP contribution in [0.2, 0.25) is 0 Å². The Kier molecular flexibility index (Phi) is 4.02. The maximum absolute atomic E-state index is 10.7. The third-order valence-electron chi connectivity index (χ3n) is 1.48. The first kappa shape index (κ1) is 14.8. The molecule has 0 amide bonds. The van der Waals surface area contributed by atoms with Crippen molar-refractivity contribution >= 4 is 20.2 Å². The van der Waals surface area contributed by atoms with Gasteiger partial charge in [0.2, 0.25) is 0 Å². The number of phenols is 1. The third-order valence-corrected chi connectivity index (χ3v) is 3.42. The van der Waals surface area contributed by atoms with Crippen molar-refractivity contribution in [2.45, 2.75) is 9.79 Å². The van der Waals surface area contributed by atoms with Crippen LogP contribution in [0.3, 0.4) is 0 Å². The van der Waals surface area contributed by atoms with Crippen LogP contribution < -0.4 is 6.15 Å². The summed E-state index contributed by atoms with van der Waals surface area (Å²) in [6, 6.07) is 2.03. The zero-order valence-electron chi connectivity index (χ0n) is 7.73. The van der Waals surface area contributed by atoms with Gasteiger partial charge in [0.25, 0.3) is 20.2 Å². The summed E-state index contributed by atoms with van der Waals surface area (Å²) in [7, 11) is -9.62. The molecule has 8 nitrogen and oxygen atoms in total. The van der Waals surface area contributed by atoms with Gasteiger partial charge in [0.15, 0.2) is 0 Å². The van der Waals surface area contributed by atoms with E-state index in [4.69, 9.17) is 14.2 Å². The topological polar surface area (TPSA) is 164 Å². The van der Waals surface area contributed by atoms with E-state index in [1.807, 2.05) is 0 Å². The van der Waals surface area contributed by atoms with Gasteiger partial charge < -0.3 is 11.3 Å². The fourth-order valence-electron chi connectivity index (χ4n) is 0.911. The van der Waals surface area contributed by atoms with Crippen LogP contribution in [0.1, 0.15) is 0 Å². The Hall–Kier alpha value is -1.20. The lowest BCUT2D eigenvalue weighted by atomic mass is 10.3. The standard InChI is InChI=1S/C6H6O7S2.H3N/c7-4-1-2-5(14(8,9)10)6(3-4)15(11,12)13;/h1-3,7H,(H,8,9,10)(H,11,12,13);1H3. The molecule has 1 rings (SSSR count). The number of hydrogen-bond acceptors (Lipinski definition) is 6. The summed E-state index contributed by atoms with van der Waals surface area (Å²) in [6.07, 6.45) is 0. The molecule has 6 N–H and O–H groups in total. The first-order valence-corrected chi connectivity index (χ1v) is 6.28. The molecule has 1 aromatic rings. The molecule has 1 aromatic carbocycles. The third kappa shape index (κ3) is 3.15. The molecule has 0 bridgehead atoms. The van der Waals surface area contributed by atoms with Crippen LogP contribution in [-0.2, 0) is 20.2 Å². The van der Waals surface area contributed by atoms with Crippen molar-refractivity contribution in [1.82, 2.24) is 6.15 Å². The summed E-state index contributed by atoms with van der Waals surface area (Å²) < 4.78 is 60.1. The highest BCUT2D eigenvalue weighted by Crippen LogP contribution is 2.24. The first-order valence-electron chi connectivity index (χ1n) is 3.40. The Labute approximate surface area is 91.6 Å². The molecule has 92 valence electrons. The second kappa shape index (κ2) is 4.35. The molecule has 0 saturated carbocycles. The van der Waals surface area contributed by atoms with Crippen molar-refractivity contribution < 1.29 is 31.0 Å². The van der Waals surface area contributed by atoms with E-state index < -0.39 is 35.8 Å². The summed E-state index contributed by atoms with van der Waals surface area (Å²) >= 11 is 0. The molecule has 0 spiro atoms. The molecule has 0 saturated heterocycles. The van der Waals surface area contributed by atoms with E-state index in [2.05, 4.69) is 0 Å². The molecule has 0 aromatic heterocycles. The monoisotopic (exact) mass is 271 g/mol. The Morgan fingerprint density at radius 2 is 1.31 bits per heavy atom. The lowest BCUT2D eigenvalue weighted by Gasteiger charge is -2.04. The van der Waals surface area contributed by atoms with Gasteiger partial charge in [0, 0.05) is 6.07 Å². The molecular weight excluding hydrogens is 262 g/mol. The van der Waals surface area contributed by atoms with Gasteiger partial charge in [-0.3, -0.25) is 9.11 Å². The minimum absolute atomic E-state index is 0. The second-order valence-corrected chi connectivity index (χ2v) is 5.36. The maximum atomic E-state index is 10.7. The fourth-order valence-corrected chi connectivity index (χ4v) is 2.69. The van der Waals surface area contributed by atoms with Crippen molar-refractivity contribution in [2.75, 3.05) is 0 Å². The van der Waals surface area contributed by atoms with Gasteiger partial charge in [-0.2, -0.15) is 16.8 Å². The van der Waals surface area contributed by atoms with Gasteiger partial charge >= 0.3 is 0 Å². The summed E-state index contributed by atoms with van der Waals surface area (Å²) in [6.45, 7) is 0. The van der Waals surface area contributed by atoms with E-state index in [0.717, 1.165) is 6.07 Å². The van der Waals surface area contributed by atoms with Crippen molar-refractivity contribution in [3.63, 3.8) is 0 Å². The number of hydrogen-bond donors (Lipinski definition) is 4. The second-order valence-electron chi connectivity index (χ2n) is 2.58. The van der Waals surface area contributed by atoms with Crippen molar-refractivity contribution in [3.05, 3.63) is 18.2 Å². The molecule has 0 aliphatic rings. The number of aromatic hydroxyl groups is 1. The highest BCUT2D eigenvalue weighted by atomic mass is 32.2. The molecule has 0 aliphatic carbocycles. The number of phenolic OH excluding ortho intramolecular Hbond substituents is 1. The predicted octanol–water partition coefficient (Wildman–Crippen LogP) is 0.0476. The van der Waals surface area contributed by atoms with Crippen LogP contribution in [0.15, 0.2) is 28.0 Å². The van der Waals surface area contributed by atoms with Gasteiger partial charge in [-0.25, -0.2) is 0 Å². The molecule has 0 radical (unpaired) electrons. The molecule has 0 fully saturated rings. The average molecular weight is 271 g/mol. The Bertz CT molecular complexity index is 589. The van der Waals surface area contributed by atoms with E-state index >= 15 is 0 Å². The van der Waals surface area contributed by atoms with Crippen molar-refractivity contribution in [3.8, 4) is 5.75 Å². The summed E-state index contributed by atoms with van der Waals surface area (Å²) in [4.78, 5) is -2.08. The van der Waals surface area contributed by atoms with Gasteiger partial charge in [0.1, 0.15) is 15.5 Å². The minimum atomic E-state index is -4.84. The number of rotatable bonds is 2. The zero-order valence-corrected chi connectivity index (χ0v) is 9.36. The SMILES string of the molecule is N.O=S(=O)(O)c1ccc(O)cc1S(=O)(=O)O. The van der Waals surface area contributed by atoms with E-state index in [-0.39, 0.29) is 6.15 Å². The fraction of sp³-hybridized carbons (Fsp3) is 0. The van der Waals surface area contributed by atoms with E-state index in [9.17, 15) is 16.8 Å². The largest absolute Gasteiger partial charge is 0.508 e. The van der Waals surface area contributed by atoms with E-state index in [1.54, 1.807) is 0 Å². The maximum Gasteiger partial charge on any atom is 0.296 e. The lowest BCUT2D eigenvalue weighted by Crippen LogP contribution is -2.07. The molecule has 10 heteroatoms. The normalized spacial score (nSPS) is 11.9. The van der Waals surface area contributed by atoms with Crippen LogP contribution in [0.25, 0.3) is 0 Å². The van der Waals surface area contributed by atoms with Crippen LogP contribution in [0.4, 0.5) is 0 Å². The van der Waals surface area contributed by atoms with Gasteiger partial charge in [-0.15, -0.1) is 0 Å². The Balaban J connectivity index is 0.00000225. The van der Waals surface area contributed by atoms with Gasteiger partial charge in [-0.05, 0) is 12.1 Å². The van der Waals surface area contributed by atoms with Gasteiger partial charge in [-0.1, -0.05) is 0 Å². The molecular formula is C6H9NO7S2. The molecule has 0 aliphatic heterocycles. The number of benzene rings is 1. The molecule has 0 atom stereocenters. The van der Waals surface area contributed by atoms with Gasteiger partial charge in [0.05, 0.1) is 0 Å². The summed E-state index contributed by atoms with van der Waals surface area (Å²) in [5.74, 6) is -0.560. The summed E-state index contributed by atoms with van der Waals surface area (Å²) in [5.41, 5.74) is 0. The molecule has 0 heterocycles. The average Bonchev–Trinajstić information content (AvgIpc) is 2.00.